The fraction of sp³-hybridized carbons (Fsp3) is 0.875. The Morgan fingerprint density at radius 1 is 0.828 bits per heavy atom. The van der Waals surface area contributed by atoms with Crippen LogP contribution in [-0.2, 0) is 23.8 Å². The Kier molecular flexibility index (Phi) is 8.28. The lowest BCUT2D eigenvalue weighted by Crippen LogP contribution is -2.69. The van der Waals surface area contributed by atoms with Crippen molar-refractivity contribution in [1.29, 1.82) is 0 Å². The fourth-order valence-corrected chi connectivity index (χ4v) is 3.38. The van der Waals surface area contributed by atoms with Crippen molar-refractivity contribution < 1.29 is 54.4 Å². The second kappa shape index (κ2) is 10.1. The molecule has 8 N–H and O–H groups in total. The molecule has 0 bridgehead atoms. The first-order valence-electron chi connectivity index (χ1n) is 9.05. The van der Waals surface area contributed by atoms with Crippen molar-refractivity contribution in [3.8, 4) is 0 Å². The van der Waals surface area contributed by atoms with Crippen molar-refractivity contribution >= 4 is 11.8 Å². The largest absolute Gasteiger partial charge is 0.394 e. The molecule has 2 saturated heterocycles. The van der Waals surface area contributed by atoms with E-state index in [9.17, 15) is 40.2 Å². The van der Waals surface area contributed by atoms with E-state index in [0.717, 1.165) is 13.8 Å². The van der Waals surface area contributed by atoms with Gasteiger partial charge in [0, 0.05) is 13.8 Å². The van der Waals surface area contributed by atoms with E-state index in [1.165, 1.54) is 0 Å². The highest BCUT2D eigenvalue weighted by atomic mass is 16.7. The summed E-state index contributed by atoms with van der Waals surface area (Å²) in [4.78, 5) is 22.8. The third kappa shape index (κ3) is 5.39. The summed E-state index contributed by atoms with van der Waals surface area (Å²) >= 11 is 0. The first kappa shape index (κ1) is 23.9. The van der Waals surface area contributed by atoms with E-state index >= 15 is 0 Å². The molecule has 0 saturated carbocycles. The molecule has 2 aliphatic rings. The summed E-state index contributed by atoms with van der Waals surface area (Å²) in [6.07, 6.45) is -11.7. The van der Waals surface area contributed by atoms with E-state index in [2.05, 4.69) is 10.6 Å². The maximum absolute atomic E-state index is 11.5. The van der Waals surface area contributed by atoms with Crippen molar-refractivity contribution in [2.24, 2.45) is 0 Å². The molecule has 0 aromatic carbocycles. The molecule has 2 heterocycles. The lowest BCUT2D eigenvalue weighted by Gasteiger charge is -2.47. The molecular formula is C16H28N2O11. The number of aliphatic hydroxyl groups excluding tert-OH is 6. The van der Waals surface area contributed by atoms with Crippen molar-refractivity contribution in [3.63, 3.8) is 0 Å². The number of aliphatic hydroxyl groups is 6. The molecule has 13 heteroatoms. The Morgan fingerprint density at radius 3 is 1.90 bits per heavy atom. The Balaban J connectivity index is 2.26. The summed E-state index contributed by atoms with van der Waals surface area (Å²) < 4.78 is 16.3. The van der Waals surface area contributed by atoms with Crippen LogP contribution in [0.15, 0.2) is 0 Å². The molecule has 2 amide bonds. The van der Waals surface area contributed by atoms with Crippen molar-refractivity contribution in [1.82, 2.24) is 10.6 Å². The maximum atomic E-state index is 11.5. The third-order valence-corrected chi connectivity index (χ3v) is 4.78. The second-order valence-electron chi connectivity index (χ2n) is 7.00. The third-order valence-electron chi connectivity index (χ3n) is 4.78. The summed E-state index contributed by atoms with van der Waals surface area (Å²) in [5, 5.41) is 64.5. The van der Waals surface area contributed by atoms with Crippen molar-refractivity contribution in [2.45, 2.75) is 75.1 Å². The predicted molar refractivity (Wildman–Crippen MR) is 91.8 cm³/mol. The molecular weight excluding hydrogens is 396 g/mol. The highest BCUT2D eigenvalue weighted by Crippen LogP contribution is 2.28. The van der Waals surface area contributed by atoms with Crippen LogP contribution < -0.4 is 10.6 Å². The van der Waals surface area contributed by atoms with Gasteiger partial charge in [0.1, 0.15) is 48.7 Å². The average Bonchev–Trinajstić information content (AvgIpc) is 2.65. The van der Waals surface area contributed by atoms with Gasteiger partial charge in [-0.15, -0.1) is 0 Å². The Bertz CT molecular complexity index is 579. The lowest BCUT2D eigenvalue weighted by atomic mass is 9.94. The zero-order valence-electron chi connectivity index (χ0n) is 15.9. The number of ether oxygens (including phenoxy) is 3. The van der Waals surface area contributed by atoms with Crippen LogP contribution in [-0.4, -0.2) is 117 Å². The van der Waals surface area contributed by atoms with Gasteiger partial charge in [-0.25, -0.2) is 0 Å². The van der Waals surface area contributed by atoms with Gasteiger partial charge in [-0.2, -0.15) is 0 Å². The van der Waals surface area contributed by atoms with Gasteiger partial charge in [-0.1, -0.05) is 0 Å². The number of hydrogen-bond donors (Lipinski definition) is 8. The molecule has 0 spiro atoms. The van der Waals surface area contributed by atoms with E-state index in [1.807, 2.05) is 0 Å². The van der Waals surface area contributed by atoms with Gasteiger partial charge in [-0.05, 0) is 0 Å². The number of hydrogen-bond acceptors (Lipinski definition) is 11. The molecule has 2 aliphatic heterocycles. The molecule has 29 heavy (non-hydrogen) atoms. The minimum Gasteiger partial charge on any atom is -0.394 e. The molecule has 0 aromatic heterocycles. The van der Waals surface area contributed by atoms with Crippen molar-refractivity contribution in [3.05, 3.63) is 0 Å². The van der Waals surface area contributed by atoms with Gasteiger partial charge >= 0.3 is 0 Å². The highest BCUT2D eigenvalue weighted by molar-refractivity contribution is 5.73. The smallest absolute Gasteiger partial charge is 0.217 e. The predicted octanol–water partition coefficient (Wildman–Crippen LogP) is -5.11. The van der Waals surface area contributed by atoms with E-state index < -0.39 is 86.3 Å². The monoisotopic (exact) mass is 424 g/mol. The van der Waals surface area contributed by atoms with Gasteiger partial charge in [0.15, 0.2) is 12.6 Å². The van der Waals surface area contributed by atoms with Crippen LogP contribution in [0.4, 0.5) is 0 Å². The molecule has 0 aromatic rings. The van der Waals surface area contributed by atoms with Gasteiger partial charge in [0.2, 0.25) is 11.8 Å². The maximum Gasteiger partial charge on any atom is 0.217 e. The first-order chi connectivity index (χ1) is 13.6. The van der Waals surface area contributed by atoms with Crippen LogP contribution in [0.5, 0.6) is 0 Å². The molecule has 168 valence electrons. The number of carbonyl (C=O) groups is 2. The summed E-state index contributed by atoms with van der Waals surface area (Å²) in [6, 6.07) is -2.59. The van der Waals surface area contributed by atoms with E-state index in [1.54, 1.807) is 0 Å². The van der Waals surface area contributed by atoms with Gasteiger partial charge < -0.3 is 55.5 Å². The number of rotatable bonds is 6. The average molecular weight is 424 g/mol. The minimum atomic E-state index is -1.64. The van der Waals surface area contributed by atoms with Crippen LogP contribution >= 0.6 is 0 Å². The van der Waals surface area contributed by atoms with Crippen LogP contribution in [0.3, 0.4) is 0 Å². The standard InChI is InChI=1S/C16H28N2O11/c1-5(21)17-9-13(25)14(8(4-20)27-15(9)26)29-16-10(18-6(2)22)12(24)11(23)7(3-19)28-16/h7-16,19-20,23-26H,3-4H2,1-2H3,(H,17,21)(H,18,22)/t7-,8-,9-,10-,11+,12-,13-,14-,15?,16-/m1/s1. The second-order valence-corrected chi connectivity index (χ2v) is 7.00. The summed E-state index contributed by atoms with van der Waals surface area (Å²) in [5.41, 5.74) is 0. The molecule has 10 atom stereocenters. The first-order valence-corrected chi connectivity index (χ1v) is 9.05. The van der Waals surface area contributed by atoms with Gasteiger partial charge in [0.25, 0.3) is 0 Å². The van der Waals surface area contributed by atoms with Crippen LogP contribution in [0, 0.1) is 0 Å². The zero-order valence-corrected chi connectivity index (χ0v) is 15.9. The Labute approximate surface area is 166 Å². The van der Waals surface area contributed by atoms with Gasteiger partial charge in [0.05, 0.1) is 13.2 Å². The molecule has 0 radical (unpaired) electrons. The molecule has 1 unspecified atom stereocenters. The van der Waals surface area contributed by atoms with E-state index in [4.69, 9.17) is 14.2 Å². The summed E-state index contributed by atoms with van der Waals surface area (Å²) in [5.74, 6) is -1.14. The van der Waals surface area contributed by atoms with Crippen LogP contribution in [0.1, 0.15) is 13.8 Å². The SMILES string of the molecule is CC(=O)N[C@H]1[C@@H](O[C@H]2[C@H](O)[C@@H](NC(C)=O)C(O)O[C@@H]2CO)O[C@H](CO)[C@H](O)[C@@H]1O. The summed E-state index contributed by atoms with van der Waals surface area (Å²) in [6.45, 7) is 0.962. The van der Waals surface area contributed by atoms with Crippen LogP contribution in [0.25, 0.3) is 0 Å². The Morgan fingerprint density at radius 2 is 1.38 bits per heavy atom. The summed E-state index contributed by atoms with van der Waals surface area (Å²) in [7, 11) is 0. The molecule has 0 aliphatic carbocycles. The molecule has 2 rings (SSSR count). The Hall–Kier alpha value is -1.42. The lowest BCUT2D eigenvalue weighted by molar-refractivity contribution is -0.327. The number of carbonyl (C=O) groups excluding carboxylic acids is 2. The molecule has 13 nitrogen and oxygen atoms in total. The number of nitrogens with one attached hydrogen (secondary N) is 2. The quantitative estimate of drug-likeness (QED) is 0.202. The number of amides is 2. The highest BCUT2D eigenvalue weighted by Gasteiger charge is 2.51. The minimum absolute atomic E-state index is 0.568. The molecule has 2 fully saturated rings. The van der Waals surface area contributed by atoms with Crippen molar-refractivity contribution in [2.75, 3.05) is 13.2 Å². The van der Waals surface area contributed by atoms with Crippen LogP contribution in [0.2, 0.25) is 0 Å². The van der Waals surface area contributed by atoms with Gasteiger partial charge in [-0.3, -0.25) is 9.59 Å². The van der Waals surface area contributed by atoms with E-state index in [0.29, 0.717) is 0 Å². The normalized spacial score (nSPS) is 42.9. The zero-order chi connectivity index (χ0) is 21.9. The topological polar surface area (TPSA) is 207 Å². The van der Waals surface area contributed by atoms with E-state index in [-0.39, 0.29) is 0 Å². The fourth-order valence-electron chi connectivity index (χ4n) is 3.38.